The van der Waals surface area contributed by atoms with Crippen molar-refractivity contribution < 1.29 is 14.3 Å². The fourth-order valence-electron chi connectivity index (χ4n) is 1.28. The summed E-state index contributed by atoms with van der Waals surface area (Å²) in [5, 5.41) is 2.82. The molecular weight excluding hydrogens is 252 g/mol. The van der Waals surface area contributed by atoms with Crippen molar-refractivity contribution in [1.29, 1.82) is 0 Å². The van der Waals surface area contributed by atoms with Crippen LogP contribution in [0, 0.1) is 6.92 Å². The van der Waals surface area contributed by atoms with Crippen LogP contribution in [0.3, 0.4) is 0 Å². The Labute approximate surface area is 110 Å². The Morgan fingerprint density at radius 2 is 2.28 bits per heavy atom. The van der Waals surface area contributed by atoms with Gasteiger partial charge in [0.1, 0.15) is 6.54 Å². The number of aromatic nitrogens is 1. The van der Waals surface area contributed by atoms with E-state index < -0.39 is 5.97 Å². The number of amides is 1. The molecule has 0 spiro atoms. The summed E-state index contributed by atoms with van der Waals surface area (Å²) in [6.45, 7) is 4.13. The number of ether oxygens (including phenoxy) is 1. The van der Waals surface area contributed by atoms with Crippen LogP contribution < -0.4 is 0 Å². The predicted molar refractivity (Wildman–Crippen MR) is 70.2 cm³/mol. The number of thiazole rings is 1. The summed E-state index contributed by atoms with van der Waals surface area (Å²) in [6.07, 6.45) is 3.06. The lowest BCUT2D eigenvalue weighted by Crippen LogP contribution is -2.34. The van der Waals surface area contributed by atoms with Gasteiger partial charge in [0.15, 0.2) is 0 Å². The molecule has 1 rings (SSSR count). The van der Waals surface area contributed by atoms with E-state index in [1.807, 2.05) is 19.2 Å². The minimum atomic E-state index is -0.428. The summed E-state index contributed by atoms with van der Waals surface area (Å²) in [5.74, 6) is -0.656. The molecule has 0 aliphatic carbocycles. The molecule has 0 radical (unpaired) electrons. The summed E-state index contributed by atoms with van der Waals surface area (Å²) in [7, 11) is 1.30. The largest absolute Gasteiger partial charge is 0.468 e. The van der Waals surface area contributed by atoms with Gasteiger partial charge in [-0.2, -0.15) is 0 Å². The van der Waals surface area contributed by atoms with Crippen molar-refractivity contribution in [2.45, 2.75) is 13.8 Å². The van der Waals surface area contributed by atoms with E-state index in [2.05, 4.69) is 9.72 Å². The second kappa shape index (κ2) is 6.90. The minimum absolute atomic E-state index is 0.0354. The van der Waals surface area contributed by atoms with Crippen LogP contribution in [-0.4, -0.2) is 42.0 Å². The number of rotatable bonds is 5. The first kappa shape index (κ1) is 14.4. The van der Waals surface area contributed by atoms with Crippen LogP contribution in [-0.2, 0) is 14.3 Å². The van der Waals surface area contributed by atoms with Gasteiger partial charge in [-0.05, 0) is 19.9 Å². The zero-order chi connectivity index (χ0) is 13.5. The third-order valence-corrected chi connectivity index (χ3v) is 3.07. The van der Waals surface area contributed by atoms with Gasteiger partial charge in [-0.25, -0.2) is 4.98 Å². The molecule has 0 aliphatic heterocycles. The van der Waals surface area contributed by atoms with Gasteiger partial charge in [-0.1, -0.05) is 0 Å². The van der Waals surface area contributed by atoms with Crippen molar-refractivity contribution in [1.82, 2.24) is 9.88 Å². The molecule has 0 fully saturated rings. The maximum atomic E-state index is 11.8. The topological polar surface area (TPSA) is 59.5 Å². The summed E-state index contributed by atoms with van der Waals surface area (Å²) in [4.78, 5) is 28.5. The number of likely N-dealkylation sites (N-methyl/N-ethyl adjacent to an activating group) is 1. The Balaban J connectivity index is 2.62. The van der Waals surface area contributed by atoms with Crippen LogP contribution in [0.1, 0.15) is 17.6 Å². The zero-order valence-corrected chi connectivity index (χ0v) is 11.5. The first-order chi connectivity index (χ1) is 8.56. The number of methoxy groups -OCH3 is 1. The lowest BCUT2D eigenvalue weighted by Gasteiger charge is -2.17. The van der Waals surface area contributed by atoms with Gasteiger partial charge in [-0.15, -0.1) is 11.3 Å². The van der Waals surface area contributed by atoms with E-state index in [0.29, 0.717) is 6.54 Å². The molecule has 0 unspecified atom stereocenters. The first-order valence-corrected chi connectivity index (χ1v) is 6.40. The molecule has 0 N–H and O–H groups in total. The van der Waals surface area contributed by atoms with Crippen LogP contribution in [0.2, 0.25) is 0 Å². The van der Waals surface area contributed by atoms with Crippen LogP contribution in [0.25, 0.3) is 6.08 Å². The average molecular weight is 268 g/mol. The normalized spacial score (nSPS) is 10.6. The number of aryl methyl sites for hydroxylation is 1. The summed E-state index contributed by atoms with van der Waals surface area (Å²) in [5.41, 5.74) is 0.750. The minimum Gasteiger partial charge on any atom is -0.468 e. The number of hydrogen-bond donors (Lipinski definition) is 0. The van der Waals surface area contributed by atoms with Gasteiger partial charge >= 0.3 is 5.97 Å². The molecule has 6 heteroatoms. The predicted octanol–water partition coefficient (Wildman–Crippen LogP) is 1.49. The highest BCUT2D eigenvalue weighted by atomic mass is 32.1. The van der Waals surface area contributed by atoms with Gasteiger partial charge in [0.05, 0.1) is 17.8 Å². The van der Waals surface area contributed by atoms with E-state index in [0.717, 1.165) is 10.7 Å². The monoisotopic (exact) mass is 268 g/mol. The maximum Gasteiger partial charge on any atom is 0.325 e. The lowest BCUT2D eigenvalue weighted by molar-refractivity contribution is -0.145. The molecule has 1 aromatic rings. The van der Waals surface area contributed by atoms with Crippen LogP contribution in [0.4, 0.5) is 0 Å². The van der Waals surface area contributed by atoms with Crippen LogP contribution in [0.15, 0.2) is 11.5 Å². The molecule has 1 heterocycles. The third-order valence-electron chi connectivity index (χ3n) is 2.27. The van der Waals surface area contributed by atoms with Crippen molar-refractivity contribution in [2.75, 3.05) is 20.2 Å². The Morgan fingerprint density at radius 3 is 2.78 bits per heavy atom. The molecule has 1 aromatic heterocycles. The van der Waals surface area contributed by atoms with Crippen molar-refractivity contribution in [3.05, 3.63) is 22.2 Å². The molecular formula is C12H16N2O3S. The van der Waals surface area contributed by atoms with E-state index in [-0.39, 0.29) is 12.5 Å². The van der Waals surface area contributed by atoms with Gasteiger partial charge in [0.2, 0.25) is 5.91 Å². The van der Waals surface area contributed by atoms with E-state index >= 15 is 0 Å². The van der Waals surface area contributed by atoms with Crippen LogP contribution in [0.5, 0.6) is 0 Å². The molecule has 1 amide bonds. The number of hydrogen-bond acceptors (Lipinski definition) is 5. The van der Waals surface area contributed by atoms with E-state index in [1.165, 1.54) is 29.4 Å². The molecule has 0 aliphatic rings. The Bertz CT molecular complexity index is 454. The van der Waals surface area contributed by atoms with Gasteiger partial charge < -0.3 is 9.64 Å². The quantitative estimate of drug-likeness (QED) is 0.599. The SMILES string of the molecule is CCN(CC(=O)OC)C(=O)C=Cc1csc(C)n1. The molecule has 0 saturated heterocycles. The highest BCUT2D eigenvalue weighted by Crippen LogP contribution is 2.09. The number of nitrogens with zero attached hydrogens (tertiary/aromatic N) is 2. The van der Waals surface area contributed by atoms with E-state index in [1.54, 1.807) is 6.08 Å². The van der Waals surface area contributed by atoms with Gasteiger partial charge in [-0.3, -0.25) is 9.59 Å². The van der Waals surface area contributed by atoms with Gasteiger partial charge in [0.25, 0.3) is 0 Å². The lowest BCUT2D eigenvalue weighted by atomic mass is 10.3. The third kappa shape index (κ3) is 4.29. The molecule has 0 bridgehead atoms. The standard InChI is InChI=1S/C12H16N2O3S/c1-4-14(7-12(16)17-3)11(15)6-5-10-8-18-9(2)13-10/h5-6,8H,4,7H2,1-3H3. The number of carbonyl (C=O) groups is 2. The first-order valence-electron chi connectivity index (χ1n) is 5.52. The molecule has 0 atom stereocenters. The molecule has 98 valence electrons. The van der Waals surface area contributed by atoms with Crippen molar-refractivity contribution in [3.8, 4) is 0 Å². The Hall–Kier alpha value is -1.69. The van der Waals surface area contributed by atoms with Crippen molar-refractivity contribution >= 4 is 29.3 Å². The fourth-order valence-corrected chi connectivity index (χ4v) is 1.87. The molecule has 18 heavy (non-hydrogen) atoms. The second-order valence-corrected chi connectivity index (χ2v) is 4.62. The van der Waals surface area contributed by atoms with E-state index in [9.17, 15) is 9.59 Å². The highest BCUT2D eigenvalue weighted by molar-refractivity contribution is 7.09. The van der Waals surface area contributed by atoms with Crippen LogP contribution >= 0.6 is 11.3 Å². The molecule has 0 aromatic carbocycles. The zero-order valence-electron chi connectivity index (χ0n) is 10.7. The highest BCUT2D eigenvalue weighted by Gasteiger charge is 2.13. The van der Waals surface area contributed by atoms with Crippen molar-refractivity contribution in [3.63, 3.8) is 0 Å². The number of carbonyl (C=O) groups excluding carboxylic acids is 2. The summed E-state index contributed by atoms with van der Waals surface area (Å²) < 4.78 is 4.53. The molecule has 0 saturated carbocycles. The number of esters is 1. The Morgan fingerprint density at radius 1 is 1.56 bits per heavy atom. The average Bonchev–Trinajstić information content (AvgIpc) is 2.78. The fraction of sp³-hybridized carbons (Fsp3) is 0.417. The van der Waals surface area contributed by atoms with E-state index in [4.69, 9.17) is 0 Å². The Kier molecular flexibility index (Phi) is 5.51. The molecule has 5 nitrogen and oxygen atoms in total. The summed E-state index contributed by atoms with van der Waals surface area (Å²) >= 11 is 1.52. The van der Waals surface area contributed by atoms with Gasteiger partial charge in [0, 0.05) is 18.0 Å². The second-order valence-electron chi connectivity index (χ2n) is 3.55. The summed E-state index contributed by atoms with van der Waals surface area (Å²) in [6, 6.07) is 0. The maximum absolute atomic E-state index is 11.8. The van der Waals surface area contributed by atoms with Crippen molar-refractivity contribution in [2.24, 2.45) is 0 Å². The smallest absolute Gasteiger partial charge is 0.325 e.